The molecule has 0 bridgehead atoms. The first-order chi connectivity index (χ1) is 7.52. The summed E-state index contributed by atoms with van der Waals surface area (Å²) in [5, 5.41) is 9.80. The number of hydrogen-bond acceptors (Lipinski definition) is 3. The van der Waals surface area contributed by atoms with Gasteiger partial charge in [-0.15, -0.1) is 0 Å². The molecule has 0 fully saturated rings. The summed E-state index contributed by atoms with van der Waals surface area (Å²) in [5.74, 6) is -1.03. The number of benzene rings is 1. The van der Waals surface area contributed by atoms with Gasteiger partial charge in [-0.25, -0.2) is 4.79 Å². The van der Waals surface area contributed by atoms with Crippen LogP contribution >= 0.6 is 0 Å². The molecule has 0 atom stereocenters. The normalized spacial score (nSPS) is 10.6. The molecule has 0 amide bonds. The van der Waals surface area contributed by atoms with Crippen LogP contribution in [-0.4, -0.2) is 16.1 Å². The minimum Gasteiger partial charge on any atom is -0.478 e. The molecular weight excluding hydrogens is 204 g/mol. The second-order valence-electron chi connectivity index (χ2n) is 3.76. The van der Waals surface area contributed by atoms with E-state index in [1.165, 1.54) is 0 Å². The summed E-state index contributed by atoms with van der Waals surface area (Å²) in [6.45, 7) is 3.54. The second kappa shape index (κ2) is 3.48. The van der Waals surface area contributed by atoms with E-state index in [1.807, 2.05) is 25.1 Å². The van der Waals surface area contributed by atoms with E-state index in [0.717, 1.165) is 16.5 Å². The zero-order valence-electron chi connectivity index (χ0n) is 9.11. The van der Waals surface area contributed by atoms with Gasteiger partial charge in [0.15, 0.2) is 0 Å². The summed E-state index contributed by atoms with van der Waals surface area (Å²) < 4.78 is 0. The Morgan fingerprint density at radius 1 is 1.38 bits per heavy atom. The molecule has 4 nitrogen and oxygen atoms in total. The van der Waals surface area contributed by atoms with Crippen LogP contribution in [0.2, 0.25) is 0 Å². The molecule has 1 aromatic heterocycles. The quantitative estimate of drug-likeness (QED) is 0.765. The third-order valence-electron chi connectivity index (χ3n) is 2.65. The van der Waals surface area contributed by atoms with Crippen molar-refractivity contribution < 1.29 is 9.90 Å². The summed E-state index contributed by atoms with van der Waals surface area (Å²) in [4.78, 5) is 15.3. The number of carbonyl (C=O) groups is 1. The standard InChI is InChI=1S/C12H12N2O2/c1-6-4-3-5-8-9(6)11(13)10(12(15)16)7(2)14-8/h3-5H,1-2H3,(H2,13,14)(H,15,16). The highest BCUT2D eigenvalue weighted by Crippen LogP contribution is 2.28. The Kier molecular flexibility index (Phi) is 2.27. The van der Waals surface area contributed by atoms with Gasteiger partial charge in [-0.3, -0.25) is 4.98 Å². The summed E-state index contributed by atoms with van der Waals surface area (Å²) >= 11 is 0. The van der Waals surface area contributed by atoms with Crippen molar-refractivity contribution in [2.24, 2.45) is 0 Å². The summed E-state index contributed by atoms with van der Waals surface area (Å²) in [6.07, 6.45) is 0. The summed E-state index contributed by atoms with van der Waals surface area (Å²) in [5.41, 5.74) is 8.42. The Labute approximate surface area is 92.7 Å². The Balaban J connectivity index is 2.96. The van der Waals surface area contributed by atoms with Crippen LogP contribution in [0, 0.1) is 13.8 Å². The van der Waals surface area contributed by atoms with Crippen LogP contribution in [0.3, 0.4) is 0 Å². The van der Waals surface area contributed by atoms with E-state index < -0.39 is 5.97 Å². The van der Waals surface area contributed by atoms with Gasteiger partial charge in [0.1, 0.15) is 5.56 Å². The topological polar surface area (TPSA) is 76.2 Å². The molecule has 4 heteroatoms. The van der Waals surface area contributed by atoms with E-state index in [0.29, 0.717) is 11.4 Å². The van der Waals surface area contributed by atoms with Crippen LogP contribution in [0.1, 0.15) is 21.6 Å². The van der Waals surface area contributed by atoms with E-state index in [2.05, 4.69) is 4.98 Å². The van der Waals surface area contributed by atoms with Crippen molar-refractivity contribution in [2.75, 3.05) is 5.73 Å². The zero-order valence-corrected chi connectivity index (χ0v) is 9.11. The van der Waals surface area contributed by atoms with E-state index in [-0.39, 0.29) is 5.56 Å². The molecule has 0 saturated heterocycles. The maximum atomic E-state index is 11.1. The lowest BCUT2D eigenvalue weighted by Crippen LogP contribution is -2.08. The molecule has 0 saturated carbocycles. The number of pyridine rings is 1. The Morgan fingerprint density at radius 3 is 2.69 bits per heavy atom. The number of nitrogens with two attached hydrogens (primary N) is 1. The Hall–Kier alpha value is -2.10. The number of aromatic carboxylic acids is 1. The van der Waals surface area contributed by atoms with Crippen molar-refractivity contribution in [2.45, 2.75) is 13.8 Å². The number of rotatable bonds is 1. The average Bonchev–Trinajstić information content (AvgIpc) is 2.15. The first-order valence-corrected chi connectivity index (χ1v) is 4.91. The van der Waals surface area contributed by atoms with Crippen molar-refractivity contribution in [1.29, 1.82) is 0 Å². The van der Waals surface area contributed by atoms with Crippen molar-refractivity contribution in [3.8, 4) is 0 Å². The maximum Gasteiger partial charge on any atom is 0.339 e. The number of carboxylic acid groups (broad SMARTS) is 1. The highest BCUT2D eigenvalue weighted by atomic mass is 16.4. The van der Waals surface area contributed by atoms with E-state index >= 15 is 0 Å². The highest BCUT2D eigenvalue weighted by molar-refractivity contribution is 6.05. The molecule has 3 N–H and O–H groups in total. The molecule has 0 unspecified atom stereocenters. The van der Waals surface area contributed by atoms with Gasteiger partial charge in [0, 0.05) is 5.39 Å². The molecule has 1 aromatic carbocycles. The van der Waals surface area contributed by atoms with Crippen LogP contribution in [0.4, 0.5) is 5.69 Å². The van der Waals surface area contributed by atoms with Crippen molar-refractivity contribution in [1.82, 2.24) is 4.98 Å². The zero-order chi connectivity index (χ0) is 11.9. The Morgan fingerprint density at radius 2 is 2.06 bits per heavy atom. The van der Waals surface area contributed by atoms with Crippen molar-refractivity contribution in [3.05, 3.63) is 35.0 Å². The average molecular weight is 216 g/mol. The number of anilines is 1. The largest absolute Gasteiger partial charge is 0.478 e. The molecule has 0 aliphatic carbocycles. The van der Waals surface area contributed by atoms with Gasteiger partial charge in [-0.1, -0.05) is 12.1 Å². The number of aryl methyl sites for hydroxylation is 2. The molecule has 0 aliphatic rings. The van der Waals surface area contributed by atoms with E-state index in [4.69, 9.17) is 10.8 Å². The molecule has 16 heavy (non-hydrogen) atoms. The summed E-state index contributed by atoms with van der Waals surface area (Å²) in [7, 11) is 0. The number of aromatic nitrogens is 1. The van der Waals surface area contributed by atoms with Gasteiger partial charge in [-0.2, -0.15) is 0 Å². The monoisotopic (exact) mass is 216 g/mol. The van der Waals surface area contributed by atoms with Gasteiger partial charge in [-0.05, 0) is 25.5 Å². The fourth-order valence-electron chi connectivity index (χ4n) is 1.92. The van der Waals surface area contributed by atoms with Gasteiger partial charge >= 0.3 is 5.97 Å². The fraction of sp³-hybridized carbons (Fsp3) is 0.167. The molecule has 2 rings (SSSR count). The van der Waals surface area contributed by atoms with Gasteiger partial charge in [0.25, 0.3) is 0 Å². The third-order valence-corrected chi connectivity index (χ3v) is 2.65. The van der Waals surface area contributed by atoms with Crippen LogP contribution < -0.4 is 5.73 Å². The van der Waals surface area contributed by atoms with Crippen LogP contribution in [-0.2, 0) is 0 Å². The predicted molar refractivity (Wildman–Crippen MR) is 62.6 cm³/mol. The smallest absolute Gasteiger partial charge is 0.339 e. The second-order valence-corrected chi connectivity index (χ2v) is 3.76. The predicted octanol–water partition coefficient (Wildman–Crippen LogP) is 2.13. The minimum absolute atomic E-state index is 0.0989. The first kappa shape index (κ1) is 10.4. The number of hydrogen-bond donors (Lipinski definition) is 2. The fourth-order valence-corrected chi connectivity index (χ4v) is 1.92. The number of carboxylic acids is 1. The van der Waals surface area contributed by atoms with Crippen LogP contribution in [0.15, 0.2) is 18.2 Å². The molecule has 1 heterocycles. The van der Waals surface area contributed by atoms with Gasteiger partial charge < -0.3 is 10.8 Å². The molecular formula is C12H12N2O2. The number of nitrogens with zero attached hydrogens (tertiary/aromatic N) is 1. The lowest BCUT2D eigenvalue weighted by atomic mass is 10.0. The van der Waals surface area contributed by atoms with E-state index in [9.17, 15) is 4.79 Å². The Bertz CT molecular complexity index is 591. The third kappa shape index (κ3) is 1.39. The number of nitrogen functional groups attached to an aromatic ring is 1. The molecule has 0 spiro atoms. The van der Waals surface area contributed by atoms with E-state index in [1.54, 1.807) is 6.92 Å². The lowest BCUT2D eigenvalue weighted by molar-refractivity contribution is 0.0697. The molecule has 2 aromatic rings. The van der Waals surface area contributed by atoms with Gasteiger partial charge in [0.2, 0.25) is 0 Å². The van der Waals surface area contributed by atoms with Gasteiger partial charge in [0.05, 0.1) is 16.9 Å². The number of fused-ring (bicyclic) bond motifs is 1. The molecule has 82 valence electrons. The summed E-state index contributed by atoms with van der Waals surface area (Å²) in [6, 6.07) is 5.60. The van der Waals surface area contributed by atoms with Crippen LogP contribution in [0.5, 0.6) is 0 Å². The highest BCUT2D eigenvalue weighted by Gasteiger charge is 2.16. The molecule has 0 radical (unpaired) electrons. The SMILES string of the molecule is Cc1nc2cccc(C)c2c(N)c1C(=O)O. The van der Waals surface area contributed by atoms with Crippen molar-refractivity contribution >= 4 is 22.6 Å². The molecule has 0 aliphatic heterocycles. The minimum atomic E-state index is -1.03. The van der Waals surface area contributed by atoms with Crippen LogP contribution in [0.25, 0.3) is 10.9 Å². The maximum absolute atomic E-state index is 11.1. The van der Waals surface area contributed by atoms with Crippen molar-refractivity contribution in [3.63, 3.8) is 0 Å². The lowest BCUT2D eigenvalue weighted by Gasteiger charge is -2.10. The first-order valence-electron chi connectivity index (χ1n) is 4.91.